The summed E-state index contributed by atoms with van der Waals surface area (Å²) in [5, 5.41) is 0.899. The molecule has 0 aromatic heterocycles. The van der Waals surface area contributed by atoms with E-state index in [1.54, 1.807) is 15.4 Å². The SMILES string of the molecule is c1ccc(S23CC2c2ccccc23)cc1. The van der Waals surface area contributed by atoms with Crippen LogP contribution in [-0.4, -0.2) is 5.75 Å². The summed E-state index contributed by atoms with van der Waals surface area (Å²) in [4.78, 5) is 3.25. The molecule has 0 aliphatic carbocycles. The highest BCUT2D eigenvalue weighted by Gasteiger charge is 2.61. The third kappa shape index (κ3) is 0.813. The molecule has 2 aromatic carbocycles. The largest absolute Gasteiger partial charge is 0.178 e. The summed E-state index contributed by atoms with van der Waals surface area (Å²) in [7, 11) is -0.510. The van der Waals surface area contributed by atoms with Gasteiger partial charge in [-0.25, -0.2) is 0 Å². The Balaban J connectivity index is 1.90. The molecular weight excluding hydrogens is 200 g/mol. The van der Waals surface area contributed by atoms with Gasteiger partial charge in [0.25, 0.3) is 0 Å². The lowest BCUT2D eigenvalue weighted by atomic mass is 10.2. The van der Waals surface area contributed by atoms with Gasteiger partial charge in [-0.1, -0.05) is 36.4 Å². The van der Waals surface area contributed by atoms with Crippen LogP contribution in [0.1, 0.15) is 10.8 Å². The topological polar surface area (TPSA) is 0 Å². The molecule has 4 rings (SSSR count). The molecule has 0 bridgehead atoms. The smallest absolute Gasteiger partial charge is 0.0310 e. The molecule has 2 heterocycles. The second-order valence-corrected chi connectivity index (χ2v) is 7.70. The predicted octanol–water partition coefficient (Wildman–Crippen LogP) is 3.98. The summed E-state index contributed by atoms with van der Waals surface area (Å²) in [5.41, 5.74) is 1.62. The van der Waals surface area contributed by atoms with Crippen LogP contribution in [0.4, 0.5) is 0 Å². The first kappa shape index (κ1) is 8.00. The fraction of sp³-hybridized carbons (Fsp3) is 0.143. The predicted molar refractivity (Wildman–Crippen MR) is 64.6 cm³/mol. The van der Waals surface area contributed by atoms with Crippen LogP contribution in [0.15, 0.2) is 64.4 Å². The van der Waals surface area contributed by atoms with Crippen LogP contribution in [0, 0.1) is 0 Å². The minimum Gasteiger partial charge on any atom is -0.178 e. The van der Waals surface area contributed by atoms with Crippen LogP contribution < -0.4 is 0 Å². The maximum atomic E-state index is 2.33. The summed E-state index contributed by atoms with van der Waals surface area (Å²) in [5.74, 6) is 1.41. The van der Waals surface area contributed by atoms with Gasteiger partial charge >= 0.3 is 0 Å². The molecular formula is C14H12S. The Kier molecular flexibility index (Phi) is 1.32. The molecule has 2 aliphatic heterocycles. The second-order valence-electron chi connectivity index (χ2n) is 4.30. The summed E-state index contributed by atoms with van der Waals surface area (Å²) in [6.07, 6.45) is 0. The zero-order valence-electron chi connectivity index (χ0n) is 8.39. The molecule has 2 unspecified atom stereocenters. The van der Waals surface area contributed by atoms with E-state index in [4.69, 9.17) is 0 Å². The van der Waals surface area contributed by atoms with Gasteiger partial charge in [0, 0.05) is 11.0 Å². The van der Waals surface area contributed by atoms with E-state index in [1.165, 1.54) is 5.75 Å². The van der Waals surface area contributed by atoms with Crippen molar-refractivity contribution in [2.45, 2.75) is 15.0 Å². The fourth-order valence-corrected chi connectivity index (χ4v) is 7.12. The first-order valence-corrected chi connectivity index (χ1v) is 7.23. The van der Waals surface area contributed by atoms with Crippen molar-refractivity contribution in [2.75, 3.05) is 5.75 Å². The zero-order chi connectivity index (χ0) is 9.88. The Bertz CT molecular complexity index is 532. The van der Waals surface area contributed by atoms with E-state index in [-0.39, 0.29) is 0 Å². The van der Waals surface area contributed by atoms with Crippen LogP contribution in [0.5, 0.6) is 0 Å². The van der Waals surface area contributed by atoms with Crippen molar-refractivity contribution < 1.29 is 0 Å². The molecule has 1 saturated heterocycles. The van der Waals surface area contributed by atoms with Crippen LogP contribution in [-0.2, 0) is 0 Å². The molecule has 1 heteroatoms. The van der Waals surface area contributed by atoms with Crippen molar-refractivity contribution in [3.8, 4) is 0 Å². The number of benzene rings is 2. The molecule has 2 atom stereocenters. The molecule has 2 aliphatic rings. The quantitative estimate of drug-likeness (QED) is 0.627. The van der Waals surface area contributed by atoms with E-state index in [0.717, 1.165) is 5.25 Å². The van der Waals surface area contributed by atoms with Crippen molar-refractivity contribution in [1.82, 2.24) is 0 Å². The van der Waals surface area contributed by atoms with Crippen molar-refractivity contribution in [3.05, 3.63) is 60.2 Å². The first-order valence-electron chi connectivity index (χ1n) is 5.37. The Morgan fingerprint density at radius 3 is 2.47 bits per heavy atom. The van der Waals surface area contributed by atoms with E-state index in [9.17, 15) is 0 Å². The summed E-state index contributed by atoms with van der Waals surface area (Å²) < 4.78 is 0. The highest BCUT2D eigenvalue weighted by Crippen LogP contribution is 2.93. The third-order valence-corrected chi connectivity index (χ3v) is 7.70. The Morgan fingerprint density at radius 2 is 1.60 bits per heavy atom. The minimum absolute atomic E-state index is 0.510. The van der Waals surface area contributed by atoms with Crippen LogP contribution >= 0.6 is 10.0 Å². The molecule has 1 fully saturated rings. The third-order valence-electron chi connectivity index (χ3n) is 3.61. The molecule has 0 amide bonds. The molecule has 0 N–H and O–H groups in total. The van der Waals surface area contributed by atoms with Gasteiger partial charge in [0.1, 0.15) is 0 Å². The van der Waals surface area contributed by atoms with E-state index in [2.05, 4.69) is 54.6 Å². The molecule has 2 aromatic rings. The average Bonchev–Trinajstić information content (AvgIpc) is 2.98. The molecule has 0 radical (unpaired) electrons. The lowest BCUT2D eigenvalue weighted by molar-refractivity contribution is 1.10. The van der Waals surface area contributed by atoms with Gasteiger partial charge in [0.2, 0.25) is 0 Å². The highest BCUT2D eigenvalue weighted by atomic mass is 32.3. The van der Waals surface area contributed by atoms with Crippen LogP contribution in [0.2, 0.25) is 0 Å². The van der Waals surface area contributed by atoms with Crippen LogP contribution in [0.3, 0.4) is 0 Å². The monoisotopic (exact) mass is 212 g/mol. The molecule has 15 heavy (non-hydrogen) atoms. The van der Waals surface area contributed by atoms with Crippen molar-refractivity contribution in [1.29, 1.82) is 0 Å². The average molecular weight is 212 g/mol. The molecule has 0 spiro atoms. The first-order chi connectivity index (χ1) is 7.43. The van der Waals surface area contributed by atoms with Gasteiger partial charge in [0.15, 0.2) is 0 Å². The Labute approximate surface area is 91.3 Å². The van der Waals surface area contributed by atoms with Crippen LogP contribution in [0.25, 0.3) is 0 Å². The Morgan fingerprint density at radius 1 is 0.867 bits per heavy atom. The standard InChI is InChI=1S/C14H12S/c1-2-6-11(7-3-1)15-10-14(15)12-8-4-5-9-13(12)15/h1-9,14H,10H2. The van der Waals surface area contributed by atoms with Crippen molar-refractivity contribution in [2.24, 2.45) is 0 Å². The van der Waals surface area contributed by atoms with Gasteiger partial charge in [-0.15, -0.1) is 0 Å². The Hall–Kier alpha value is -1.21. The van der Waals surface area contributed by atoms with Gasteiger partial charge in [-0.05, 0) is 33.6 Å². The van der Waals surface area contributed by atoms with Crippen molar-refractivity contribution in [3.63, 3.8) is 0 Å². The lowest BCUT2D eigenvalue weighted by Crippen LogP contribution is -2.01. The second kappa shape index (κ2) is 2.48. The summed E-state index contributed by atoms with van der Waals surface area (Å²) in [6.45, 7) is 0. The molecule has 74 valence electrons. The number of hydrogen-bond acceptors (Lipinski definition) is 0. The van der Waals surface area contributed by atoms with E-state index < -0.39 is 10.0 Å². The van der Waals surface area contributed by atoms with E-state index in [1.807, 2.05) is 0 Å². The van der Waals surface area contributed by atoms with Gasteiger partial charge in [0.05, 0.1) is 0 Å². The van der Waals surface area contributed by atoms with E-state index >= 15 is 0 Å². The van der Waals surface area contributed by atoms with Gasteiger partial charge in [-0.3, -0.25) is 0 Å². The normalized spacial score (nSPS) is 34.3. The van der Waals surface area contributed by atoms with Crippen molar-refractivity contribution >= 4 is 10.0 Å². The number of hydrogen-bond donors (Lipinski definition) is 0. The molecule has 0 saturated carbocycles. The number of fused-ring (bicyclic) bond motifs is 4. The van der Waals surface area contributed by atoms with Gasteiger partial charge < -0.3 is 0 Å². The van der Waals surface area contributed by atoms with Gasteiger partial charge in [-0.2, -0.15) is 10.0 Å². The zero-order valence-corrected chi connectivity index (χ0v) is 9.21. The fourth-order valence-electron chi connectivity index (χ4n) is 2.82. The molecule has 0 nitrogen and oxygen atoms in total. The summed E-state index contributed by atoms with van der Waals surface area (Å²) >= 11 is 0. The maximum Gasteiger partial charge on any atom is 0.0310 e. The minimum atomic E-state index is -0.510. The maximum absolute atomic E-state index is 2.33. The lowest BCUT2D eigenvalue weighted by Gasteiger charge is -2.34. The highest BCUT2D eigenvalue weighted by molar-refractivity contribution is 8.40. The van der Waals surface area contributed by atoms with E-state index in [0.29, 0.717) is 0 Å². The summed E-state index contributed by atoms with van der Waals surface area (Å²) in [6, 6.07) is 20.1. The number of rotatable bonds is 1.